The zero-order chi connectivity index (χ0) is 4.99. The van der Waals surface area contributed by atoms with E-state index in [0.717, 1.165) is 0 Å². The van der Waals surface area contributed by atoms with E-state index in [1.54, 1.807) is 0 Å². The standard InChI is InChI=1S/C3H3ClO2.B/c4-3(1-5)2-6;/h1-2,5H;/b3-1+;. The highest BCUT2D eigenvalue weighted by Gasteiger charge is 1.78. The molecule has 0 aliphatic rings. The van der Waals surface area contributed by atoms with Gasteiger partial charge in [0.15, 0.2) is 6.29 Å². The summed E-state index contributed by atoms with van der Waals surface area (Å²) in [5.74, 6) is 0. The van der Waals surface area contributed by atoms with E-state index in [-0.39, 0.29) is 13.4 Å². The quantitative estimate of drug-likeness (QED) is 0.234. The Kier molecular flexibility index (Phi) is 7.76. The maximum absolute atomic E-state index is 9.38. The zero-order valence-corrected chi connectivity index (χ0v) is 4.22. The first-order chi connectivity index (χ1) is 2.81. The summed E-state index contributed by atoms with van der Waals surface area (Å²) in [6, 6.07) is 0. The summed E-state index contributed by atoms with van der Waals surface area (Å²) in [7, 11) is 0. The van der Waals surface area contributed by atoms with Crippen molar-refractivity contribution >= 4 is 26.3 Å². The molecule has 0 heterocycles. The second-order valence-electron chi connectivity index (χ2n) is 0.632. The van der Waals surface area contributed by atoms with Gasteiger partial charge in [0.1, 0.15) is 11.3 Å². The fourth-order valence-corrected chi connectivity index (χ4v) is 0.0304. The average Bonchev–Trinajstić information content (AvgIpc) is 1.65. The Balaban J connectivity index is 0. The number of aldehydes is 1. The van der Waals surface area contributed by atoms with Crippen molar-refractivity contribution in [1.82, 2.24) is 0 Å². The van der Waals surface area contributed by atoms with Gasteiger partial charge in [-0.15, -0.1) is 0 Å². The Bertz CT molecular complexity index is 81.0. The van der Waals surface area contributed by atoms with Crippen LogP contribution in [0.25, 0.3) is 0 Å². The predicted molar refractivity (Wildman–Crippen MR) is 28.4 cm³/mol. The molecule has 0 saturated carbocycles. The molecule has 37 valence electrons. The first kappa shape index (κ1) is 9.76. The van der Waals surface area contributed by atoms with Crippen LogP contribution in [0.4, 0.5) is 0 Å². The van der Waals surface area contributed by atoms with Gasteiger partial charge in [-0.05, 0) is 0 Å². The van der Waals surface area contributed by atoms with E-state index in [9.17, 15) is 4.79 Å². The molecule has 0 atom stereocenters. The Morgan fingerprint density at radius 1 is 1.71 bits per heavy atom. The Hall–Kier alpha value is -0.435. The molecule has 0 fully saturated rings. The number of halogens is 1. The molecular weight excluding hydrogens is 114 g/mol. The van der Waals surface area contributed by atoms with Crippen LogP contribution in [0.15, 0.2) is 11.3 Å². The van der Waals surface area contributed by atoms with E-state index in [0.29, 0.717) is 12.5 Å². The minimum atomic E-state index is -0.185. The largest absolute Gasteiger partial charge is 0.514 e. The maximum atomic E-state index is 9.38. The molecule has 0 aromatic rings. The summed E-state index contributed by atoms with van der Waals surface area (Å²) in [5.41, 5.74) is 0. The van der Waals surface area contributed by atoms with Crippen LogP contribution in [0, 0.1) is 0 Å². The van der Waals surface area contributed by atoms with Crippen LogP contribution in [0.2, 0.25) is 0 Å². The van der Waals surface area contributed by atoms with Gasteiger partial charge in [0.2, 0.25) is 0 Å². The molecule has 0 rings (SSSR count). The van der Waals surface area contributed by atoms with Crippen molar-refractivity contribution < 1.29 is 9.90 Å². The highest BCUT2D eigenvalue weighted by atomic mass is 35.5. The Morgan fingerprint density at radius 2 is 2.14 bits per heavy atom. The third-order valence-corrected chi connectivity index (χ3v) is 0.423. The Labute approximate surface area is 48.4 Å². The molecule has 0 aromatic heterocycles. The fraction of sp³-hybridized carbons (Fsp3) is 0. The fourth-order valence-electron chi connectivity index (χ4n) is 0.0304. The van der Waals surface area contributed by atoms with Gasteiger partial charge in [-0.1, -0.05) is 11.6 Å². The van der Waals surface area contributed by atoms with Crippen molar-refractivity contribution in [2.24, 2.45) is 0 Å². The van der Waals surface area contributed by atoms with Crippen LogP contribution < -0.4 is 0 Å². The third kappa shape index (κ3) is 5.56. The molecule has 2 nitrogen and oxygen atoms in total. The van der Waals surface area contributed by atoms with Crippen LogP contribution >= 0.6 is 11.6 Å². The monoisotopic (exact) mass is 117 g/mol. The van der Waals surface area contributed by atoms with Gasteiger partial charge in [-0.25, -0.2) is 0 Å². The van der Waals surface area contributed by atoms with Crippen molar-refractivity contribution in [2.45, 2.75) is 0 Å². The van der Waals surface area contributed by atoms with Crippen molar-refractivity contribution in [3.8, 4) is 0 Å². The minimum Gasteiger partial charge on any atom is -0.514 e. The molecule has 3 radical (unpaired) electrons. The van der Waals surface area contributed by atoms with E-state index >= 15 is 0 Å². The van der Waals surface area contributed by atoms with Crippen LogP contribution in [0.3, 0.4) is 0 Å². The summed E-state index contributed by atoms with van der Waals surface area (Å²) in [4.78, 5) is 9.38. The molecule has 0 amide bonds. The van der Waals surface area contributed by atoms with Crippen LogP contribution in [-0.4, -0.2) is 19.8 Å². The summed E-state index contributed by atoms with van der Waals surface area (Å²) in [6.45, 7) is 0. The lowest BCUT2D eigenvalue weighted by atomic mass is 10.7. The molecule has 0 unspecified atom stereocenters. The van der Waals surface area contributed by atoms with Crippen molar-refractivity contribution in [1.29, 1.82) is 0 Å². The van der Waals surface area contributed by atoms with E-state index < -0.39 is 0 Å². The van der Waals surface area contributed by atoms with Gasteiger partial charge >= 0.3 is 0 Å². The predicted octanol–water partition coefficient (Wildman–Crippen LogP) is 0.443. The highest BCUT2D eigenvalue weighted by molar-refractivity contribution is 6.38. The summed E-state index contributed by atoms with van der Waals surface area (Å²) in [5, 5.41) is 7.62. The molecule has 4 heteroatoms. The minimum absolute atomic E-state index is 0. The molecule has 0 aliphatic carbocycles. The highest BCUT2D eigenvalue weighted by Crippen LogP contribution is 1.90. The van der Waals surface area contributed by atoms with Crippen LogP contribution in [0.5, 0.6) is 0 Å². The van der Waals surface area contributed by atoms with Crippen LogP contribution in [-0.2, 0) is 4.79 Å². The number of aliphatic hydroxyl groups excluding tert-OH is 1. The average molecular weight is 117 g/mol. The topological polar surface area (TPSA) is 37.3 Å². The lowest BCUT2D eigenvalue weighted by molar-refractivity contribution is -0.104. The number of aliphatic hydroxyl groups is 1. The van der Waals surface area contributed by atoms with Gasteiger partial charge in [0, 0.05) is 8.41 Å². The van der Waals surface area contributed by atoms with Gasteiger partial charge in [-0.2, -0.15) is 0 Å². The Morgan fingerprint density at radius 3 is 2.14 bits per heavy atom. The molecule has 1 N–H and O–H groups in total. The SMILES string of the molecule is O=C/C(Cl)=C\O.[B]. The van der Waals surface area contributed by atoms with Crippen molar-refractivity contribution in [3.05, 3.63) is 11.3 Å². The first-order valence-electron chi connectivity index (χ1n) is 1.26. The van der Waals surface area contributed by atoms with Crippen molar-refractivity contribution in [3.63, 3.8) is 0 Å². The second kappa shape index (κ2) is 5.56. The number of hydrogen-bond donors (Lipinski definition) is 1. The number of carbonyl (C=O) groups is 1. The molecule has 0 spiro atoms. The molecular formula is C3H3BClO2. The van der Waals surface area contributed by atoms with Gasteiger partial charge in [0.25, 0.3) is 0 Å². The van der Waals surface area contributed by atoms with Gasteiger partial charge < -0.3 is 5.11 Å². The van der Waals surface area contributed by atoms with Crippen molar-refractivity contribution in [2.75, 3.05) is 0 Å². The maximum Gasteiger partial charge on any atom is 0.164 e. The smallest absolute Gasteiger partial charge is 0.164 e. The zero-order valence-electron chi connectivity index (χ0n) is 3.47. The third-order valence-electron chi connectivity index (χ3n) is 0.236. The molecule has 0 aromatic carbocycles. The number of hydrogen-bond acceptors (Lipinski definition) is 2. The van der Waals surface area contributed by atoms with E-state index in [1.165, 1.54) is 0 Å². The lowest BCUT2D eigenvalue weighted by Crippen LogP contribution is -1.67. The molecule has 7 heavy (non-hydrogen) atoms. The van der Waals surface area contributed by atoms with E-state index in [2.05, 4.69) is 0 Å². The van der Waals surface area contributed by atoms with Gasteiger partial charge in [-0.3, -0.25) is 4.79 Å². The summed E-state index contributed by atoms with van der Waals surface area (Å²) in [6.07, 6.45) is 0.885. The molecule has 0 bridgehead atoms. The summed E-state index contributed by atoms with van der Waals surface area (Å²) >= 11 is 4.89. The first-order valence-corrected chi connectivity index (χ1v) is 1.64. The van der Waals surface area contributed by atoms with E-state index in [1.807, 2.05) is 0 Å². The summed E-state index contributed by atoms with van der Waals surface area (Å²) < 4.78 is 0. The lowest BCUT2D eigenvalue weighted by Gasteiger charge is -1.69. The number of allylic oxidation sites excluding steroid dienone is 1. The van der Waals surface area contributed by atoms with Gasteiger partial charge in [0.05, 0.1) is 0 Å². The number of carbonyl (C=O) groups excluding carboxylic acids is 1. The molecule has 0 saturated heterocycles. The number of rotatable bonds is 1. The van der Waals surface area contributed by atoms with Crippen LogP contribution in [0.1, 0.15) is 0 Å². The van der Waals surface area contributed by atoms with E-state index in [4.69, 9.17) is 16.7 Å². The normalized spacial score (nSPS) is 9.57. The molecule has 0 aliphatic heterocycles. The second-order valence-corrected chi connectivity index (χ2v) is 1.07.